The summed E-state index contributed by atoms with van der Waals surface area (Å²) in [6, 6.07) is 11.2. The summed E-state index contributed by atoms with van der Waals surface area (Å²) in [7, 11) is 0. The normalized spacial score (nSPS) is 12.4. The fraction of sp³-hybridized carbons (Fsp3) is 0.200. The number of nitrogens with one attached hydrogen (secondary N) is 1. The lowest BCUT2D eigenvalue weighted by Crippen LogP contribution is -2.19. The third-order valence-corrected chi connectivity index (χ3v) is 3.23. The summed E-state index contributed by atoms with van der Waals surface area (Å²) in [5.41, 5.74) is 1.03. The zero-order valence-electron chi connectivity index (χ0n) is 10.5. The molecule has 0 saturated carbocycles. The lowest BCUT2D eigenvalue weighted by molar-refractivity contribution is 0.509. The summed E-state index contributed by atoms with van der Waals surface area (Å²) >= 11 is 5.91. The second-order valence-electron chi connectivity index (χ2n) is 4.36. The fourth-order valence-electron chi connectivity index (χ4n) is 1.85. The van der Waals surface area contributed by atoms with E-state index in [1.807, 2.05) is 25.1 Å². The van der Waals surface area contributed by atoms with Gasteiger partial charge >= 0.3 is 0 Å². The van der Waals surface area contributed by atoms with Crippen molar-refractivity contribution in [2.45, 2.75) is 19.5 Å². The fourth-order valence-corrected chi connectivity index (χ4v) is 2.05. The molecule has 2 aromatic rings. The molecule has 0 aromatic heterocycles. The highest BCUT2D eigenvalue weighted by molar-refractivity contribution is 6.30. The van der Waals surface area contributed by atoms with Gasteiger partial charge in [-0.3, -0.25) is 0 Å². The summed E-state index contributed by atoms with van der Waals surface area (Å²) in [4.78, 5) is 0. The first kappa shape index (κ1) is 14.0. The van der Waals surface area contributed by atoms with Gasteiger partial charge in [-0.25, -0.2) is 8.78 Å². The lowest BCUT2D eigenvalue weighted by atomic mass is 10.1. The molecule has 0 saturated heterocycles. The Labute approximate surface area is 116 Å². The van der Waals surface area contributed by atoms with E-state index in [0.717, 1.165) is 5.56 Å². The number of hydrogen-bond acceptors (Lipinski definition) is 1. The van der Waals surface area contributed by atoms with Gasteiger partial charge in [0.15, 0.2) is 0 Å². The van der Waals surface area contributed by atoms with Crippen molar-refractivity contribution in [3.63, 3.8) is 0 Å². The first-order chi connectivity index (χ1) is 9.08. The predicted octanol–water partition coefficient (Wildman–Crippen LogP) is 4.47. The highest BCUT2D eigenvalue weighted by Crippen LogP contribution is 2.19. The third-order valence-electron chi connectivity index (χ3n) is 3.00. The van der Waals surface area contributed by atoms with E-state index in [9.17, 15) is 8.78 Å². The lowest BCUT2D eigenvalue weighted by Gasteiger charge is -2.15. The minimum absolute atomic E-state index is 0.0438. The zero-order chi connectivity index (χ0) is 13.8. The van der Waals surface area contributed by atoms with Crippen LogP contribution < -0.4 is 5.32 Å². The Bertz CT molecular complexity index is 552. The van der Waals surface area contributed by atoms with Gasteiger partial charge in [-0.05, 0) is 36.8 Å². The molecule has 1 atom stereocenters. The Morgan fingerprint density at radius 3 is 2.37 bits per heavy atom. The van der Waals surface area contributed by atoms with Crippen LogP contribution in [-0.4, -0.2) is 0 Å². The van der Waals surface area contributed by atoms with Gasteiger partial charge in [-0.15, -0.1) is 0 Å². The molecule has 0 aliphatic rings. The maximum atomic E-state index is 13.5. The van der Waals surface area contributed by atoms with Crippen molar-refractivity contribution < 1.29 is 8.78 Å². The molecule has 2 aromatic carbocycles. The molecule has 1 nitrogen and oxygen atoms in total. The van der Waals surface area contributed by atoms with Crippen molar-refractivity contribution in [3.8, 4) is 0 Å². The van der Waals surface area contributed by atoms with Crippen LogP contribution in [0.2, 0.25) is 5.02 Å². The molecule has 4 heteroatoms. The van der Waals surface area contributed by atoms with Crippen LogP contribution in [-0.2, 0) is 6.54 Å². The van der Waals surface area contributed by atoms with Gasteiger partial charge < -0.3 is 5.32 Å². The minimum atomic E-state index is -0.536. The van der Waals surface area contributed by atoms with Crippen molar-refractivity contribution in [3.05, 3.63) is 70.2 Å². The van der Waals surface area contributed by atoms with Crippen molar-refractivity contribution >= 4 is 11.6 Å². The average Bonchev–Trinajstić information content (AvgIpc) is 2.38. The molecule has 100 valence electrons. The van der Waals surface area contributed by atoms with Gasteiger partial charge in [-0.2, -0.15) is 0 Å². The van der Waals surface area contributed by atoms with Crippen molar-refractivity contribution in [1.29, 1.82) is 0 Å². The van der Waals surface area contributed by atoms with Crippen molar-refractivity contribution in [2.24, 2.45) is 0 Å². The van der Waals surface area contributed by atoms with Crippen molar-refractivity contribution in [2.75, 3.05) is 0 Å². The van der Waals surface area contributed by atoms with E-state index in [4.69, 9.17) is 11.6 Å². The van der Waals surface area contributed by atoms with Gasteiger partial charge in [0, 0.05) is 23.2 Å². The molecule has 0 unspecified atom stereocenters. The Balaban J connectivity index is 2.06. The minimum Gasteiger partial charge on any atom is -0.306 e. The van der Waals surface area contributed by atoms with Gasteiger partial charge in [0.05, 0.1) is 0 Å². The molecular formula is C15H14ClF2N. The number of halogens is 3. The standard InChI is InChI=1S/C15H14ClF2N/c1-10(11-4-2-5-12(16)8-11)19-9-13-14(17)6-3-7-15(13)18/h2-8,10,19H,9H2,1H3/t10-/m1/s1. The molecule has 0 spiro atoms. The van der Waals surface area contributed by atoms with Crippen LogP contribution in [0.3, 0.4) is 0 Å². The average molecular weight is 282 g/mol. The monoisotopic (exact) mass is 281 g/mol. The van der Waals surface area contributed by atoms with Crippen LogP contribution in [0.5, 0.6) is 0 Å². The van der Waals surface area contributed by atoms with Crippen molar-refractivity contribution in [1.82, 2.24) is 5.32 Å². The number of hydrogen-bond donors (Lipinski definition) is 1. The van der Waals surface area contributed by atoms with Crippen LogP contribution >= 0.6 is 11.6 Å². The Morgan fingerprint density at radius 2 is 1.74 bits per heavy atom. The van der Waals surface area contributed by atoms with E-state index >= 15 is 0 Å². The van der Waals surface area contributed by atoms with Crippen LogP contribution in [0.25, 0.3) is 0 Å². The molecule has 19 heavy (non-hydrogen) atoms. The van der Waals surface area contributed by atoms with E-state index in [1.54, 1.807) is 6.07 Å². The smallest absolute Gasteiger partial charge is 0.130 e. The second kappa shape index (κ2) is 6.13. The maximum absolute atomic E-state index is 13.5. The van der Waals surface area contributed by atoms with E-state index in [1.165, 1.54) is 18.2 Å². The summed E-state index contributed by atoms with van der Waals surface area (Å²) in [6.07, 6.45) is 0. The van der Waals surface area contributed by atoms with E-state index in [-0.39, 0.29) is 18.2 Å². The van der Waals surface area contributed by atoms with Crippen LogP contribution in [0.4, 0.5) is 8.78 Å². The Morgan fingerprint density at radius 1 is 1.11 bits per heavy atom. The summed E-state index contributed by atoms with van der Waals surface area (Å²) in [6.45, 7) is 2.05. The maximum Gasteiger partial charge on any atom is 0.130 e. The molecule has 1 N–H and O–H groups in total. The number of benzene rings is 2. The molecule has 0 radical (unpaired) electrons. The molecule has 0 bridgehead atoms. The van der Waals surface area contributed by atoms with Crippen LogP contribution in [0, 0.1) is 11.6 Å². The largest absolute Gasteiger partial charge is 0.306 e. The topological polar surface area (TPSA) is 12.0 Å². The first-order valence-corrected chi connectivity index (χ1v) is 6.37. The molecule has 2 rings (SSSR count). The second-order valence-corrected chi connectivity index (χ2v) is 4.79. The molecule has 0 heterocycles. The molecule has 0 amide bonds. The van der Waals surface area contributed by atoms with Gasteiger partial charge in [0.2, 0.25) is 0 Å². The zero-order valence-corrected chi connectivity index (χ0v) is 11.2. The van der Waals surface area contributed by atoms with E-state index in [0.29, 0.717) is 5.02 Å². The van der Waals surface area contributed by atoms with Crippen LogP contribution in [0.1, 0.15) is 24.1 Å². The van der Waals surface area contributed by atoms with Gasteiger partial charge in [-0.1, -0.05) is 29.8 Å². The Kier molecular flexibility index (Phi) is 4.51. The number of rotatable bonds is 4. The first-order valence-electron chi connectivity index (χ1n) is 5.99. The van der Waals surface area contributed by atoms with E-state index < -0.39 is 11.6 Å². The molecule has 0 fully saturated rings. The summed E-state index contributed by atoms with van der Waals surface area (Å²) < 4.78 is 26.9. The highest BCUT2D eigenvalue weighted by atomic mass is 35.5. The summed E-state index contributed by atoms with van der Waals surface area (Å²) in [5, 5.41) is 3.73. The Hall–Kier alpha value is -1.45. The highest BCUT2D eigenvalue weighted by Gasteiger charge is 2.10. The molecule has 0 aliphatic heterocycles. The molecule has 0 aliphatic carbocycles. The van der Waals surface area contributed by atoms with Crippen LogP contribution in [0.15, 0.2) is 42.5 Å². The molecular weight excluding hydrogens is 268 g/mol. The van der Waals surface area contributed by atoms with Gasteiger partial charge in [0.1, 0.15) is 11.6 Å². The summed E-state index contributed by atoms with van der Waals surface area (Å²) in [5.74, 6) is -1.07. The predicted molar refractivity (Wildman–Crippen MR) is 73.1 cm³/mol. The SMILES string of the molecule is C[C@@H](NCc1c(F)cccc1F)c1cccc(Cl)c1. The quantitative estimate of drug-likeness (QED) is 0.872. The third kappa shape index (κ3) is 3.52. The van der Waals surface area contributed by atoms with E-state index in [2.05, 4.69) is 5.32 Å². The van der Waals surface area contributed by atoms with Gasteiger partial charge in [0.25, 0.3) is 0 Å².